The van der Waals surface area contributed by atoms with Crippen LogP contribution in [0.25, 0.3) is 0 Å². The van der Waals surface area contributed by atoms with Crippen LogP contribution in [-0.4, -0.2) is 66.7 Å². The molecular weight excluding hydrogens is 254 g/mol. The molecule has 5 heteroatoms. The fourth-order valence-electron chi connectivity index (χ4n) is 3.13. The van der Waals surface area contributed by atoms with Crippen molar-refractivity contribution in [3.63, 3.8) is 0 Å². The molecule has 20 heavy (non-hydrogen) atoms. The van der Waals surface area contributed by atoms with Gasteiger partial charge in [-0.2, -0.15) is 0 Å². The van der Waals surface area contributed by atoms with E-state index < -0.39 is 5.54 Å². The van der Waals surface area contributed by atoms with E-state index in [4.69, 9.17) is 10.5 Å². The van der Waals surface area contributed by atoms with E-state index in [-0.39, 0.29) is 12.0 Å². The van der Waals surface area contributed by atoms with E-state index in [1.54, 1.807) is 0 Å². The first-order valence-corrected chi connectivity index (χ1v) is 7.93. The molecular formula is C15H29N3O2. The summed E-state index contributed by atoms with van der Waals surface area (Å²) in [6.07, 6.45) is 4.18. The van der Waals surface area contributed by atoms with E-state index in [1.807, 2.05) is 4.90 Å². The van der Waals surface area contributed by atoms with Crippen molar-refractivity contribution in [1.82, 2.24) is 9.80 Å². The number of nitrogens with zero attached hydrogens (tertiary/aromatic N) is 2. The summed E-state index contributed by atoms with van der Waals surface area (Å²) in [5.74, 6) is 0.174. The van der Waals surface area contributed by atoms with Gasteiger partial charge in [0.05, 0.1) is 18.2 Å². The van der Waals surface area contributed by atoms with E-state index in [1.165, 1.54) is 0 Å². The van der Waals surface area contributed by atoms with E-state index in [2.05, 4.69) is 18.7 Å². The first-order chi connectivity index (χ1) is 9.51. The topological polar surface area (TPSA) is 58.8 Å². The third-order valence-corrected chi connectivity index (χ3v) is 4.44. The second-order valence-electron chi connectivity index (χ2n) is 6.42. The lowest BCUT2D eigenvalue weighted by Gasteiger charge is -2.38. The maximum atomic E-state index is 12.5. The zero-order chi connectivity index (χ0) is 14.6. The largest absolute Gasteiger partial charge is 0.377 e. The molecule has 0 unspecified atom stereocenters. The molecule has 0 bridgehead atoms. The van der Waals surface area contributed by atoms with Crippen molar-refractivity contribution in [1.29, 1.82) is 0 Å². The van der Waals surface area contributed by atoms with Gasteiger partial charge in [0, 0.05) is 32.7 Å². The predicted molar refractivity (Wildman–Crippen MR) is 79.5 cm³/mol. The molecule has 2 fully saturated rings. The van der Waals surface area contributed by atoms with Crippen molar-refractivity contribution >= 4 is 5.91 Å². The molecule has 0 aromatic heterocycles. The smallest absolute Gasteiger partial charge is 0.242 e. The minimum Gasteiger partial charge on any atom is -0.377 e. The number of hydrogen-bond donors (Lipinski definition) is 1. The maximum Gasteiger partial charge on any atom is 0.242 e. The average Bonchev–Trinajstić information content (AvgIpc) is 2.86. The Kier molecular flexibility index (Phi) is 5.41. The molecule has 1 heterocycles. The van der Waals surface area contributed by atoms with Crippen molar-refractivity contribution in [2.45, 2.75) is 51.2 Å². The van der Waals surface area contributed by atoms with E-state index in [0.29, 0.717) is 0 Å². The van der Waals surface area contributed by atoms with Crippen LogP contribution in [0, 0.1) is 0 Å². The molecule has 2 aliphatic rings. The lowest BCUT2D eigenvalue weighted by Crippen LogP contribution is -2.58. The van der Waals surface area contributed by atoms with Gasteiger partial charge < -0.3 is 15.4 Å². The van der Waals surface area contributed by atoms with Crippen molar-refractivity contribution in [2.24, 2.45) is 5.73 Å². The van der Waals surface area contributed by atoms with Crippen LogP contribution in [0.5, 0.6) is 0 Å². The lowest BCUT2D eigenvalue weighted by atomic mass is 9.97. The van der Waals surface area contributed by atoms with Gasteiger partial charge in [-0.3, -0.25) is 9.69 Å². The normalized spacial score (nSPS) is 23.5. The quantitative estimate of drug-likeness (QED) is 0.812. The standard InChI is InChI=1S/C15H29N3O2/c1-13(2)20-12-11-17-7-9-18(10-8-17)14(19)15(16)5-3-4-6-15/h13H,3-12,16H2,1-2H3. The van der Waals surface area contributed by atoms with Crippen LogP contribution in [0.2, 0.25) is 0 Å². The SMILES string of the molecule is CC(C)OCCN1CCN(C(=O)C2(N)CCCC2)CC1. The Morgan fingerprint density at radius 2 is 1.80 bits per heavy atom. The Bertz CT molecular complexity index is 319. The van der Waals surface area contributed by atoms with Gasteiger partial charge in [0.1, 0.15) is 0 Å². The van der Waals surface area contributed by atoms with Crippen LogP contribution in [0.4, 0.5) is 0 Å². The third-order valence-electron chi connectivity index (χ3n) is 4.44. The van der Waals surface area contributed by atoms with Crippen LogP contribution in [0.15, 0.2) is 0 Å². The highest BCUT2D eigenvalue weighted by Crippen LogP contribution is 2.29. The molecule has 0 radical (unpaired) electrons. The fraction of sp³-hybridized carbons (Fsp3) is 0.933. The molecule has 1 aliphatic heterocycles. The van der Waals surface area contributed by atoms with E-state index in [9.17, 15) is 4.79 Å². The Hall–Kier alpha value is -0.650. The highest BCUT2D eigenvalue weighted by molar-refractivity contribution is 5.86. The number of piperazine rings is 1. The molecule has 2 rings (SSSR count). The Labute approximate surface area is 122 Å². The number of ether oxygens (including phenoxy) is 1. The number of rotatable bonds is 5. The lowest BCUT2D eigenvalue weighted by molar-refractivity contribution is -0.138. The van der Waals surface area contributed by atoms with E-state index >= 15 is 0 Å². The third kappa shape index (κ3) is 3.93. The Balaban J connectivity index is 1.72. The maximum absolute atomic E-state index is 12.5. The predicted octanol–water partition coefficient (Wildman–Crippen LogP) is 0.827. The number of carbonyl (C=O) groups excluding carboxylic acids is 1. The molecule has 0 atom stereocenters. The summed E-state index contributed by atoms with van der Waals surface area (Å²) in [6, 6.07) is 0. The molecule has 1 saturated carbocycles. The second kappa shape index (κ2) is 6.87. The molecule has 1 aliphatic carbocycles. The molecule has 5 nitrogen and oxygen atoms in total. The number of amides is 1. The van der Waals surface area contributed by atoms with Crippen LogP contribution >= 0.6 is 0 Å². The highest BCUT2D eigenvalue weighted by atomic mass is 16.5. The summed E-state index contributed by atoms with van der Waals surface area (Å²) < 4.78 is 5.57. The molecule has 0 aromatic carbocycles. The zero-order valence-corrected chi connectivity index (χ0v) is 12.9. The van der Waals surface area contributed by atoms with Gasteiger partial charge in [0.25, 0.3) is 0 Å². The van der Waals surface area contributed by atoms with Crippen LogP contribution in [0.1, 0.15) is 39.5 Å². The van der Waals surface area contributed by atoms with E-state index in [0.717, 1.165) is 65.0 Å². The fourth-order valence-corrected chi connectivity index (χ4v) is 3.13. The first kappa shape index (κ1) is 15.7. The highest BCUT2D eigenvalue weighted by Gasteiger charge is 2.40. The van der Waals surface area contributed by atoms with Gasteiger partial charge in [-0.15, -0.1) is 0 Å². The molecule has 1 amide bonds. The van der Waals surface area contributed by atoms with Gasteiger partial charge in [0.2, 0.25) is 5.91 Å². The Morgan fingerprint density at radius 1 is 1.20 bits per heavy atom. The summed E-state index contributed by atoms with van der Waals surface area (Å²) in [7, 11) is 0. The molecule has 116 valence electrons. The van der Waals surface area contributed by atoms with Gasteiger partial charge in [-0.25, -0.2) is 0 Å². The van der Waals surface area contributed by atoms with Crippen molar-refractivity contribution in [3.05, 3.63) is 0 Å². The minimum absolute atomic E-state index is 0.174. The van der Waals surface area contributed by atoms with Crippen molar-refractivity contribution in [2.75, 3.05) is 39.3 Å². The van der Waals surface area contributed by atoms with Crippen LogP contribution in [-0.2, 0) is 9.53 Å². The van der Waals surface area contributed by atoms with Gasteiger partial charge >= 0.3 is 0 Å². The number of nitrogens with two attached hydrogens (primary N) is 1. The summed E-state index contributed by atoms with van der Waals surface area (Å²) in [5.41, 5.74) is 5.69. The zero-order valence-electron chi connectivity index (χ0n) is 12.9. The summed E-state index contributed by atoms with van der Waals surface area (Å²) in [4.78, 5) is 16.8. The molecule has 0 aromatic rings. The molecule has 0 spiro atoms. The Morgan fingerprint density at radius 3 is 2.35 bits per heavy atom. The monoisotopic (exact) mass is 283 g/mol. The molecule has 1 saturated heterocycles. The summed E-state index contributed by atoms with van der Waals surface area (Å²) >= 11 is 0. The summed E-state index contributed by atoms with van der Waals surface area (Å²) in [6.45, 7) is 9.31. The second-order valence-corrected chi connectivity index (χ2v) is 6.42. The van der Waals surface area contributed by atoms with Gasteiger partial charge in [-0.05, 0) is 26.7 Å². The van der Waals surface area contributed by atoms with Crippen LogP contribution < -0.4 is 5.73 Å². The average molecular weight is 283 g/mol. The minimum atomic E-state index is -0.567. The number of carbonyl (C=O) groups is 1. The molecule has 2 N–H and O–H groups in total. The number of hydrogen-bond acceptors (Lipinski definition) is 4. The van der Waals surface area contributed by atoms with Crippen molar-refractivity contribution < 1.29 is 9.53 Å². The van der Waals surface area contributed by atoms with Crippen LogP contribution in [0.3, 0.4) is 0 Å². The summed E-state index contributed by atoms with van der Waals surface area (Å²) in [5, 5.41) is 0. The first-order valence-electron chi connectivity index (χ1n) is 7.93. The van der Waals surface area contributed by atoms with Gasteiger partial charge in [-0.1, -0.05) is 12.8 Å². The van der Waals surface area contributed by atoms with Crippen molar-refractivity contribution in [3.8, 4) is 0 Å². The van der Waals surface area contributed by atoms with Gasteiger partial charge in [0.15, 0.2) is 0 Å².